The van der Waals surface area contributed by atoms with Crippen LogP contribution in [-0.4, -0.2) is 54.0 Å². The predicted molar refractivity (Wildman–Crippen MR) is 73.6 cm³/mol. The fourth-order valence-corrected chi connectivity index (χ4v) is 1.24. The minimum absolute atomic E-state index is 0.452. The zero-order valence-corrected chi connectivity index (χ0v) is 11.0. The SMILES string of the molecule is [2H]C([2H])([2H])COCC(=O)N[C@@H](CCC(=O)C=[N+]=[N-])C(=O)OC(C([2H])([2H])[2H])C([2H])([2H])[2H]. The van der Waals surface area contributed by atoms with Crippen LogP contribution in [0.1, 0.15) is 45.7 Å². The molecule has 0 aromatic heterocycles. The highest BCUT2D eigenvalue weighted by atomic mass is 16.5. The van der Waals surface area contributed by atoms with Crippen molar-refractivity contribution in [2.45, 2.75) is 45.5 Å². The molecule has 0 aliphatic heterocycles. The van der Waals surface area contributed by atoms with E-state index in [2.05, 4.69) is 19.6 Å². The number of Topliss-reactive ketones (excluding diaryl/α,β-unsaturated/α-hetero) is 1. The first-order chi connectivity index (χ1) is 13.5. The van der Waals surface area contributed by atoms with Crippen molar-refractivity contribution in [3.05, 3.63) is 5.53 Å². The van der Waals surface area contributed by atoms with Crippen LogP contribution in [-0.2, 0) is 23.9 Å². The molecule has 0 spiro atoms. The molecule has 8 nitrogen and oxygen atoms in total. The third kappa shape index (κ3) is 9.48. The molecule has 0 radical (unpaired) electrons. The fraction of sp³-hybridized carbons (Fsp3) is 0.692. The van der Waals surface area contributed by atoms with E-state index in [1.54, 1.807) is 0 Å². The number of ether oxygens (including phenoxy) is 2. The topological polar surface area (TPSA) is 118 Å². The number of hydrogen-bond donors (Lipinski definition) is 1. The van der Waals surface area contributed by atoms with E-state index < -0.39 is 76.4 Å². The zero-order chi connectivity index (χ0) is 23.8. The van der Waals surface area contributed by atoms with E-state index in [9.17, 15) is 14.4 Å². The molecule has 118 valence electrons. The van der Waals surface area contributed by atoms with Crippen molar-refractivity contribution < 1.29 is 41.0 Å². The number of carbonyl (C=O) groups excluding carboxylic acids is 3. The number of nitrogens with zero attached hydrogens (tertiary/aromatic N) is 2. The molecule has 21 heavy (non-hydrogen) atoms. The molecule has 0 heterocycles. The molecular weight excluding hydrogens is 278 g/mol. The van der Waals surface area contributed by atoms with Crippen molar-refractivity contribution in [3.63, 3.8) is 0 Å². The Labute approximate surface area is 136 Å². The molecule has 0 bridgehead atoms. The lowest BCUT2D eigenvalue weighted by Crippen LogP contribution is -2.44. The Morgan fingerprint density at radius 3 is 2.81 bits per heavy atom. The van der Waals surface area contributed by atoms with Crippen LogP contribution in [0.2, 0.25) is 0 Å². The first kappa shape index (κ1) is 8.41. The summed E-state index contributed by atoms with van der Waals surface area (Å²) in [5.41, 5.74) is 8.32. The van der Waals surface area contributed by atoms with Crippen LogP contribution in [0.3, 0.4) is 0 Å². The summed E-state index contributed by atoms with van der Waals surface area (Å²) < 4.78 is 73.5. The summed E-state index contributed by atoms with van der Waals surface area (Å²) in [6.45, 7) is -10.4. The minimum Gasteiger partial charge on any atom is -0.461 e. The van der Waals surface area contributed by atoms with Crippen LogP contribution in [0.5, 0.6) is 0 Å². The van der Waals surface area contributed by atoms with Crippen molar-refractivity contribution >= 4 is 23.9 Å². The van der Waals surface area contributed by atoms with Gasteiger partial charge in [-0.3, -0.25) is 9.59 Å². The number of rotatable bonds is 10. The summed E-state index contributed by atoms with van der Waals surface area (Å²) in [6, 6.07) is -1.66. The smallest absolute Gasteiger partial charge is 0.328 e. The molecule has 1 atom stereocenters. The van der Waals surface area contributed by atoms with Crippen LogP contribution in [0.15, 0.2) is 0 Å². The number of hydrogen-bond acceptors (Lipinski definition) is 5. The van der Waals surface area contributed by atoms with E-state index in [0.29, 0.717) is 6.21 Å². The van der Waals surface area contributed by atoms with Gasteiger partial charge in [-0.05, 0) is 27.0 Å². The predicted octanol–water partition coefficient (Wildman–Crippen LogP) is 0.109. The summed E-state index contributed by atoms with van der Waals surface area (Å²) in [5, 5.41) is 2.06. The summed E-state index contributed by atoms with van der Waals surface area (Å²) in [6.07, 6.45) is -2.87. The summed E-state index contributed by atoms with van der Waals surface area (Å²) in [4.78, 5) is 38.1. The molecule has 0 aromatic carbocycles. The van der Waals surface area contributed by atoms with Gasteiger partial charge in [-0.25, -0.2) is 4.79 Å². The van der Waals surface area contributed by atoms with E-state index in [0.717, 1.165) is 0 Å². The molecule has 0 aliphatic rings. The van der Waals surface area contributed by atoms with E-state index in [4.69, 9.17) is 17.9 Å². The second kappa shape index (κ2) is 10.7. The molecule has 0 rings (SSSR count). The first-order valence-electron chi connectivity index (χ1n) is 10.3. The summed E-state index contributed by atoms with van der Waals surface area (Å²) >= 11 is 0. The first-order valence-corrected chi connectivity index (χ1v) is 5.75. The zero-order valence-electron chi connectivity index (χ0n) is 20.0. The third-order valence-corrected chi connectivity index (χ3v) is 2.07. The van der Waals surface area contributed by atoms with Gasteiger partial charge in [0.2, 0.25) is 11.7 Å². The number of esters is 1. The Morgan fingerprint density at radius 1 is 1.43 bits per heavy atom. The molecule has 0 saturated carbocycles. The highest BCUT2D eigenvalue weighted by Crippen LogP contribution is 2.03. The average molecular weight is 308 g/mol. The second-order valence-electron chi connectivity index (χ2n) is 3.68. The molecule has 1 N–H and O–H groups in total. The van der Waals surface area contributed by atoms with E-state index >= 15 is 0 Å². The van der Waals surface area contributed by atoms with Gasteiger partial charge in [0.25, 0.3) is 0 Å². The standard InChI is InChI=1S/C13H21N3O5/c1-4-20-8-12(18)16-11(13(19)21-9(2)3)6-5-10(17)7-15-14/h7,9,11H,4-6,8H2,1-3H3,(H,16,18)/t11-/m0/s1/i1D3,2D3,3D3. The highest BCUT2D eigenvalue weighted by Gasteiger charge is 2.24. The van der Waals surface area contributed by atoms with E-state index in [1.165, 1.54) is 0 Å². The van der Waals surface area contributed by atoms with Crippen LogP contribution in [0, 0.1) is 0 Å². The Balaban J connectivity index is 5.30. The molecule has 8 heteroatoms. The van der Waals surface area contributed by atoms with Crippen molar-refractivity contribution in [1.29, 1.82) is 0 Å². The average Bonchev–Trinajstić information content (AvgIpc) is 2.53. The molecule has 0 aliphatic carbocycles. The van der Waals surface area contributed by atoms with Crippen LogP contribution >= 0.6 is 0 Å². The van der Waals surface area contributed by atoms with Gasteiger partial charge in [-0.2, -0.15) is 4.79 Å². The van der Waals surface area contributed by atoms with Crippen LogP contribution in [0.4, 0.5) is 0 Å². The maximum Gasteiger partial charge on any atom is 0.328 e. The number of amides is 1. The quantitative estimate of drug-likeness (QED) is 0.266. The maximum absolute atomic E-state index is 12.3. The van der Waals surface area contributed by atoms with Gasteiger partial charge >= 0.3 is 12.2 Å². The largest absolute Gasteiger partial charge is 0.461 e. The van der Waals surface area contributed by atoms with Gasteiger partial charge in [0.1, 0.15) is 12.6 Å². The monoisotopic (exact) mass is 308 g/mol. The second-order valence-corrected chi connectivity index (χ2v) is 3.68. The maximum atomic E-state index is 12.3. The molecular formula is C13H21N3O5. The number of ketones is 1. The van der Waals surface area contributed by atoms with Gasteiger partial charge in [-0.1, -0.05) is 0 Å². The Hall–Kier alpha value is -2.05. The molecule has 1 amide bonds. The lowest BCUT2D eigenvalue weighted by molar-refractivity contribution is -0.152. The summed E-state index contributed by atoms with van der Waals surface area (Å²) in [7, 11) is 0. The van der Waals surface area contributed by atoms with Gasteiger partial charge in [-0.15, -0.1) is 0 Å². The van der Waals surface area contributed by atoms with E-state index in [-0.39, 0.29) is 0 Å². The van der Waals surface area contributed by atoms with Gasteiger partial charge < -0.3 is 20.3 Å². The van der Waals surface area contributed by atoms with Gasteiger partial charge in [0.15, 0.2) is 0 Å². The minimum atomic E-state index is -3.20. The van der Waals surface area contributed by atoms with Crippen molar-refractivity contribution in [1.82, 2.24) is 5.32 Å². The molecule has 0 fully saturated rings. The summed E-state index contributed by atoms with van der Waals surface area (Å²) in [5.74, 6) is -3.19. The van der Waals surface area contributed by atoms with Crippen LogP contribution < -0.4 is 5.32 Å². The Bertz CT molecular complexity index is 655. The van der Waals surface area contributed by atoms with Crippen molar-refractivity contribution in [2.75, 3.05) is 13.2 Å². The van der Waals surface area contributed by atoms with Crippen molar-refractivity contribution in [3.8, 4) is 0 Å². The molecule has 0 saturated heterocycles. The lowest BCUT2D eigenvalue weighted by Gasteiger charge is -2.18. The van der Waals surface area contributed by atoms with Gasteiger partial charge in [0, 0.05) is 25.4 Å². The molecule has 0 aromatic rings. The third-order valence-electron chi connectivity index (χ3n) is 2.07. The Morgan fingerprint density at radius 2 is 2.19 bits per heavy atom. The normalized spacial score (nSPS) is 19.6. The Kier molecular flexibility index (Phi) is 4.28. The number of nitrogens with one attached hydrogen (secondary N) is 1. The van der Waals surface area contributed by atoms with Gasteiger partial charge in [0.05, 0.1) is 6.10 Å². The van der Waals surface area contributed by atoms with E-state index in [1.807, 2.05) is 0 Å². The van der Waals surface area contributed by atoms with Crippen molar-refractivity contribution in [2.24, 2.45) is 0 Å². The highest BCUT2D eigenvalue weighted by molar-refractivity contribution is 6.25. The number of carbonyl (C=O) groups is 3. The van der Waals surface area contributed by atoms with Crippen LogP contribution in [0.25, 0.3) is 5.53 Å². The fourth-order valence-electron chi connectivity index (χ4n) is 1.24. The molecule has 0 unspecified atom stereocenters. The lowest BCUT2D eigenvalue weighted by atomic mass is 10.1.